The number of aliphatic imine (C=N–C) groups is 1. The number of alkyl halides is 6. The van der Waals surface area contributed by atoms with Gasteiger partial charge >= 0.3 is 12.5 Å². The molecule has 0 saturated heterocycles. The normalized spacial score (nSPS) is 17.2. The number of aromatic nitrogens is 2. The minimum atomic E-state index is -5.00. The second kappa shape index (κ2) is 11.2. The van der Waals surface area contributed by atoms with E-state index in [2.05, 4.69) is 21.4 Å². The lowest BCUT2D eigenvalue weighted by molar-refractivity contribution is -0.274. The molecule has 2 amide bonds. The molecule has 1 unspecified atom stereocenters. The fourth-order valence-corrected chi connectivity index (χ4v) is 4.74. The van der Waals surface area contributed by atoms with Crippen molar-refractivity contribution in [3.63, 3.8) is 0 Å². The van der Waals surface area contributed by atoms with Crippen LogP contribution in [0.1, 0.15) is 46.0 Å². The summed E-state index contributed by atoms with van der Waals surface area (Å²) in [6.07, 6.45) is -6.95. The Morgan fingerprint density at radius 1 is 1.20 bits per heavy atom. The van der Waals surface area contributed by atoms with Crippen molar-refractivity contribution in [2.45, 2.75) is 51.9 Å². The minimum Gasteiger partial charge on any atom is -0.404 e. The van der Waals surface area contributed by atoms with E-state index in [9.17, 15) is 35.9 Å². The maximum Gasteiger partial charge on any atom is 0.573 e. The van der Waals surface area contributed by atoms with Crippen LogP contribution in [-0.4, -0.2) is 68.8 Å². The highest BCUT2D eigenvalue weighted by Gasteiger charge is 2.38. The summed E-state index contributed by atoms with van der Waals surface area (Å²) in [6.45, 7) is 6.80. The molecule has 8 nitrogen and oxygen atoms in total. The monoisotopic (exact) mass is 603 g/mol. The second-order valence-corrected chi connectivity index (χ2v) is 9.79. The van der Waals surface area contributed by atoms with Crippen molar-refractivity contribution in [3.8, 4) is 5.75 Å². The summed E-state index contributed by atoms with van der Waals surface area (Å²) in [5.74, 6) is -1.75. The van der Waals surface area contributed by atoms with Crippen molar-refractivity contribution in [1.29, 1.82) is 0 Å². The molecule has 1 aromatic heterocycles. The summed E-state index contributed by atoms with van der Waals surface area (Å²) in [7, 11) is 0. The molecule has 0 spiro atoms. The van der Waals surface area contributed by atoms with Crippen LogP contribution in [0, 0.1) is 0 Å². The fourth-order valence-electron chi connectivity index (χ4n) is 4.59. The highest BCUT2D eigenvalue weighted by Crippen LogP contribution is 2.33. The molecule has 0 fully saturated rings. The third-order valence-corrected chi connectivity index (χ3v) is 7.12. The van der Waals surface area contributed by atoms with Crippen LogP contribution in [0.3, 0.4) is 0 Å². The van der Waals surface area contributed by atoms with Gasteiger partial charge in [0.2, 0.25) is 0 Å². The zero-order valence-corrected chi connectivity index (χ0v) is 22.6. The van der Waals surface area contributed by atoms with Gasteiger partial charge in [0.05, 0.1) is 29.8 Å². The summed E-state index contributed by atoms with van der Waals surface area (Å²) in [4.78, 5) is 33.2. The summed E-state index contributed by atoms with van der Waals surface area (Å²) in [5.41, 5.74) is 0.474. The first-order valence-corrected chi connectivity index (χ1v) is 12.7. The molecule has 0 N–H and O–H groups in total. The number of amides is 2. The van der Waals surface area contributed by atoms with Gasteiger partial charge in [-0.1, -0.05) is 24.3 Å². The Labute approximate surface area is 235 Å². The molecular weight excluding hydrogens is 580 g/mol. The van der Waals surface area contributed by atoms with Gasteiger partial charge in [-0.15, -0.1) is 13.2 Å². The van der Waals surface area contributed by atoms with Crippen LogP contribution < -0.4 is 4.74 Å². The molecule has 15 heteroatoms. The van der Waals surface area contributed by atoms with Gasteiger partial charge in [-0.25, -0.2) is 0 Å². The molecule has 41 heavy (non-hydrogen) atoms. The standard InChI is InChI=1S/C26H24ClF6N5O3/c1-4-16(12-34-15(3)25(28,29)30)14(2)37-9-10-38-22(24(37)40)18-13-36(8-7-20(18)35-38)23(39)17-5-6-19(27)21(11-17)41-26(31,32)33/h4-6,11-12,14H,1,7-10,13H2,2-3H3/b16-12+,34-15?. The Hall–Kier alpha value is -3.81. The van der Waals surface area contributed by atoms with Crippen LogP contribution in [0.25, 0.3) is 0 Å². The predicted octanol–water partition coefficient (Wildman–Crippen LogP) is 5.57. The van der Waals surface area contributed by atoms with Gasteiger partial charge in [-0.05, 0) is 37.6 Å². The lowest BCUT2D eigenvalue weighted by Crippen LogP contribution is -2.46. The molecular formula is C26H24ClF6N5O3. The van der Waals surface area contributed by atoms with E-state index >= 15 is 0 Å². The number of hydrogen-bond acceptors (Lipinski definition) is 5. The molecule has 4 rings (SSSR count). The smallest absolute Gasteiger partial charge is 0.404 e. The Bertz CT molecular complexity index is 1450. The summed E-state index contributed by atoms with van der Waals surface area (Å²) in [5, 5.41) is 4.18. The summed E-state index contributed by atoms with van der Waals surface area (Å²) in [6, 6.07) is 2.63. The van der Waals surface area contributed by atoms with Gasteiger partial charge < -0.3 is 14.5 Å². The molecule has 0 aliphatic carbocycles. The largest absolute Gasteiger partial charge is 0.573 e. The van der Waals surface area contributed by atoms with Gasteiger partial charge in [-0.2, -0.15) is 18.3 Å². The molecule has 1 atom stereocenters. The van der Waals surface area contributed by atoms with Crippen LogP contribution in [0.15, 0.2) is 47.6 Å². The van der Waals surface area contributed by atoms with Gasteiger partial charge in [-0.3, -0.25) is 19.3 Å². The number of halogens is 7. The van der Waals surface area contributed by atoms with E-state index in [-0.39, 0.29) is 35.9 Å². The van der Waals surface area contributed by atoms with E-state index in [0.29, 0.717) is 29.8 Å². The molecule has 1 aromatic carbocycles. The first-order valence-electron chi connectivity index (χ1n) is 12.3. The number of carbonyl (C=O) groups is 2. The zero-order valence-electron chi connectivity index (χ0n) is 21.8. The van der Waals surface area contributed by atoms with E-state index in [1.54, 1.807) is 6.92 Å². The third kappa shape index (κ3) is 6.42. The Morgan fingerprint density at radius 2 is 1.90 bits per heavy atom. The van der Waals surface area contributed by atoms with Crippen LogP contribution in [0.2, 0.25) is 5.02 Å². The first kappa shape index (κ1) is 30.2. The average Bonchev–Trinajstić information content (AvgIpc) is 3.27. The number of hydrogen-bond donors (Lipinski definition) is 0. The lowest BCUT2D eigenvalue weighted by Gasteiger charge is -2.34. The van der Waals surface area contributed by atoms with E-state index in [1.165, 1.54) is 26.6 Å². The van der Waals surface area contributed by atoms with E-state index in [1.807, 2.05) is 0 Å². The number of nitrogens with zero attached hydrogens (tertiary/aromatic N) is 5. The minimum absolute atomic E-state index is 0.0330. The van der Waals surface area contributed by atoms with Gasteiger partial charge in [0, 0.05) is 36.8 Å². The number of rotatable bonds is 6. The summed E-state index contributed by atoms with van der Waals surface area (Å²) < 4.78 is 82.3. The maximum absolute atomic E-state index is 13.6. The number of benzene rings is 1. The Morgan fingerprint density at radius 3 is 2.54 bits per heavy atom. The van der Waals surface area contributed by atoms with Crippen molar-refractivity contribution < 1.29 is 40.7 Å². The van der Waals surface area contributed by atoms with Crippen molar-refractivity contribution in [2.75, 3.05) is 13.1 Å². The highest BCUT2D eigenvalue weighted by atomic mass is 35.5. The molecule has 2 aromatic rings. The van der Waals surface area contributed by atoms with E-state index in [0.717, 1.165) is 25.3 Å². The van der Waals surface area contributed by atoms with Gasteiger partial charge in [0.25, 0.3) is 11.8 Å². The van der Waals surface area contributed by atoms with Crippen LogP contribution >= 0.6 is 11.6 Å². The Balaban J connectivity index is 1.58. The quantitative estimate of drug-likeness (QED) is 0.246. The highest BCUT2D eigenvalue weighted by molar-refractivity contribution is 6.32. The molecule has 2 aliphatic rings. The number of fused-ring (bicyclic) bond motifs is 3. The fraction of sp³-hybridized carbons (Fsp3) is 0.385. The molecule has 2 aliphatic heterocycles. The SMILES string of the molecule is C=C/C(=C\N=C(C)C(F)(F)F)C(C)N1CCn2nc3c(c2C1=O)CN(C(=O)c1ccc(Cl)c(OC(F)(F)F)c1)CC3. The van der Waals surface area contributed by atoms with E-state index < -0.39 is 41.9 Å². The number of ether oxygens (including phenoxy) is 1. The van der Waals surface area contributed by atoms with Crippen LogP contribution in [0.4, 0.5) is 26.3 Å². The molecule has 3 heterocycles. The number of carbonyl (C=O) groups excluding carboxylic acids is 2. The first-order chi connectivity index (χ1) is 19.1. The third-order valence-electron chi connectivity index (χ3n) is 6.81. The topological polar surface area (TPSA) is 80.0 Å². The molecule has 0 radical (unpaired) electrons. The zero-order chi connectivity index (χ0) is 30.3. The predicted molar refractivity (Wildman–Crippen MR) is 137 cm³/mol. The maximum atomic E-state index is 13.6. The lowest BCUT2D eigenvalue weighted by atomic mass is 10.0. The van der Waals surface area contributed by atoms with E-state index in [4.69, 9.17) is 11.6 Å². The van der Waals surface area contributed by atoms with Crippen molar-refractivity contribution >= 4 is 29.1 Å². The van der Waals surface area contributed by atoms with Crippen molar-refractivity contribution in [2.24, 2.45) is 4.99 Å². The Kier molecular flexibility index (Phi) is 8.25. The molecule has 0 saturated carbocycles. The van der Waals surface area contributed by atoms with Gasteiger partial charge in [0.1, 0.15) is 17.2 Å². The van der Waals surface area contributed by atoms with Crippen LogP contribution in [0.5, 0.6) is 5.75 Å². The molecule has 0 bridgehead atoms. The summed E-state index contributed by atoms with van der Waals surface area (Å²) >= 11 is 5.80. The van der Waals surface area contributed by atoms with Gasteiger partial charge in [0.15, 0.2) is 0 Å². The average molecular weight is 604 g/mol. The molecule has 220 valence electrons. The van der Waals surface area contributed by atoms with Crippen LogP contribution in [-0.2, 0) is 19.5 Å². The van der Waals surface area contributed by atoms with Crippen molar-refractivity contribution in [3.05, 3.63) is 70.2 Å². The second-order valence-electron chi connectivity index (χ2n) is 9.39. The van der Waals surface area contributed by atoms with Crippen molar-refractivity contribution in [1.82, 2.24) is 19.6 Å².